The first kappa shape index (κ1) is 14.9. The first-order valence-electron chi connectivity index (χ1n) is 6.76. The molecule has 0 aromatic heterocycles. The van der Waals surface area contributed by atoms with Crippen molar-refractivity contribution in [3.8, 4) is 5.75 Å². The number of fused-ring (bicyclic) bond motifs is 1. The molecule has 0 N–H and O–H groups in total. The summed E-state index contributed by atoms with van der Waals surface area (Å²) < 4.78 is 20.0. The van der Waals surface area contributed by atoms with E-state index in [-0.39, 0.29) is 16.8 Å². The largest absolute Gasteiger partial charge is 0.487 e. The predicted octanol–water partition coefficient (Wildman–Crippen LogP) is 5.63. The van der Waals surface area contributed by atoms with Gasteiger partial charge in [-0.2, -0.15) is 0 Å². The molecule has 1 atom stereocenters. The summed E-state index contributed by atoms with van der Waals surface area (Å²) in [7, 11) is 0. The van der Waals surface area contributed by atoms with E-state index in [0.717, 1.165) is 28.9 Å². The van der Waals surface area contributed by atoms with Crippen LogP contribution in [-0.2, 0) is 6.42 Å². The van der Waals surface area contributed by atoms with Crippen LogP contribution in [0.25, 0.3) is 0 Å². The maximum Gasteiger partial charge on any atom is 0.137 e. The fraction of sp³-hybridized carbons (Fsp3) is 0.294. The highest BCUT2D eigenvalue weighted by atomic mass is 79.9. The SMILES string of the molecule is CC1(C)Cc2cc(C(Cl)c3ccc(Br)c(F)c3)ccc2O1. The molecule has 4 heteroatoms. The predicted molar refractivity (Wildman–Crippen MR) is 86.6 cm³/mol. The minimum absolute atomic E-state index is 0.174. The van der Waals surface area contributed by atoms with Crippen LogP contribution in [0.5, 0.6) is 5.75 Å². The van der Waals surface area contributed by atoms with Gasteiger partial charge in [-0.3, -0.25) is 0 Å². The molecule has 0 spiro atoms. The van der Waals surface area contributed by atoms with Crippen LogP contribution in [-0.4, -0.2) is 5.60 Å². The lowest BCUT2D eigenvalue weighted by atomic mass is 9.97. The summed E-state index contributed by atoms with van der Waals surface area (Å²) in [5.41, 5.74) is 2.68. The number of halogens is 3. The van der Waals surface area contributed by atoms with Gasteiger partial charge >= 0.3 is 0 Å². The Bertz CT molecular complexity index is 699. The van der Waals surface area contributed by atoms with E-state index in [1.807, 2.05) is 18.2 Å². The van der Waals surface area contributed by atoms with E-state index in [4.69, 9.17) is 16.3 Å². The molecule has 0 saturated heterocycles. The maximum atomic E-state index is 13.7. The number of alkyl halides is 1. The van der Waals surface area contributed by atoms with Gasteiger partial charge in [-0.15, -0.1) is 11.6 Å². The highest BCUT2D eigenvalue weighted by Crippen LogP contribution is 2.39. The first-order chi connectivity index (χ1) is 9.85. The van der Waals surface area contributed by atoms with Gasteiger partial charge in [0, 0.05) is 6.42 Å². The van der Waals surface area contributed by atoms with Gasteiger partial charge in [0.2, 0.25) is 0 Å². The van der Waals surface area contributed by atoms with Crippen LogP contribution in [0.3, 0.4) is 0 Å². The van der Waals surface area contributed by atoms with Crippen LogP contribution >= 0.6 is 27.5 Å². The number of hydrogen-bond donors (Lipinski definition) is 0. The van der Waals surface area contributed by atoms with Gasteiger partial charge in [-0.25, -0.2) is 4.39 Å². The van der Waals surface area contributed by atoms with Crippen molar-refractivity contribution in [1.82, 2.24) is 0 Å². The molecule has 0 amide bonds. The quantitative estimate of drug-likeness (QED) is 0.623. The third-order valence-electron chi connectivity index (χ3n) is 3.62. The maximum absolute atomic E-state index is 13.7. The second-order valence-corrected chi connectivity index (χ2v) is 7.23. The van der Waals surface area contributed by atoms with Crippen molar-refractivity contribution >= 4 is 27.5 Å². The lowest BCUT2D eigenvalue weighted by Crippen LogP contribution is -2.24. The molecular formula is C17H15BrClFO. The van der Waals surface area contributed by atoms with Crippen molar-refractivity contribution < 1.29 is 9.13 Å². The van der Waals surface area contributed by atoms with Crippen molar-refractivity contribution in [2.75, 3.05) is 0 Å². The molecule has 1 aliphatic rings. The van der Waals surface area contributed by atoms with Crippen LogP contribution in [0.4, 0.5) is 4.39 Å². The topological polar surface area (TPSA) is 9.23 Å². The third-order valence-corrected chi connectivity index (χ3v) is 4.76. The van der Waals surface area contributed by atoms with Crippen LogP contribution < -0.4 is 4.74 Å². The van der Waals surface area contributed by atoms with Gasteiger partial charge in [0.25, 0.3) is 0 Å². The van der Waals surface area contributed by atoms with E-state index in [9.17, 15) is 4.39 Å². The summed E-state index contributed by atoms with van der Waals surface area (Å²) >= 11 is 9.66. The highest BCUT2D eigenvalue weighted by molar-refractivity contribution is 9.10. The van der Waals surface area contributed by atoms with E-state index in [2.05, 4.69) is 35.8 Å². The Morgan fingerprint density at radius 2 is 1.86 bits per heavy atom. The van der Waals surface area contributed by atoms with Crippen LogP contribution in [0.1, 0.15) is 35.9 Å². The summed E-state index contributed by atoms with van der Waals surface area (Å²) in [5.74, 6) is 0.610. The van der Waals surface area contributed by atoms with Crippen molar-refractivity contribution in [3.63, 3.8) is 0 Å². The van der Waals surface area contributed by atoms with E-state index in [0.29, 0.717) is 4.47 Å². The van der Waals surface area contributed by atoms with E-state index >= 15 is 0 Å². The molecule has 1 heterocycles. The molecule has 0 radical (unpaired) electrons. The zero-order valence-electron chi connectivity index (χ0n) is 11.8. The van der Waals surface area contributed by atoms with E-state index in [1.165, 1.54) is 6.07 Å². The molecule has 1 aliphatic heterocycles. The Morgan fingerprint density at radius 3 is 2.57 bits per heavy atom. The fourth-order valence-electron chi connectivity index (χ4n) is 2.65. The third kappa shape index (κ3) is 2.95. The number of rotatable bonds is 2. The Labute approximate surface area is 137 Å². The summed E-state index contributed by atoms with van der Waals surface area (Å²) in [6.45, 7) is 4.13. The monoisotopic (exact) mass is 368 g/mol. The molecule has 0 aliphatic carbocycles. The van der Waals surface area contributed by atoms with Crippen LogP contribution in [0, 0.1) is 5.82 Å². The number of benzene rings is 2. The highest BCUT2D eigenvalue weighted by Gasteiger charge is 2.30. The van der Waals surface area contributed by atoms with Crippen LogP contribution in [0.2, 0.25) is 0 Å². The Hall–Kier alpha value is -1.06. The smallest absolute Gasteiger partial charge is 0.137 e. The lowest BCUT2D eigenvalue weighted by molar-refractivity contribution is 0.138. The van der Waals surface area contributed by atoms with Gasteiger partial charge in [-0.05, 0) is 64.7 Å². The molecule has 3 rings (SSSR count). The molecular weight excluding hydrogens is 355 g/mol. The average Bonchev–Trinajstić information content (AvgIpc) is 2.73. The molecule has 1 nitrogen and oxygen atoms in total. The lowest BCUT2D eigenvalue weighted by Gasteiger charge is -2.16. The molecule has 110 valence electrons. The van der Waals surface area contributed by atoms with Gasteiger partial charge in [0.15, 0.2) is 0 Å². The molecule has 1 unspecified atom stereocenters. The van der Waals surface area contributed by atoms with Gasteiger partial charge in [-0.1, -0.05) is 18.2 Å². The Morgan fingerprint density at radius 1 is 1.19 bits per heavy atom. The summed E-state index contributed by atoms with van der Waals surface area (Å²) in [6.07, 6.45) is 0.856. The molecule has 21 heavy (non-hydrogen) atoms. The molecule has 0 fully saturated rings. The Kier molecular flexibility index (Phi) is 3.74. The van der Waals surface area contributed by atoms with Gasteiger partial charge in [0.05, 0.1) is 9.85 Å². The molecule has 2 aromatic rings. The second-order valence-electron chi connectivity index (χ2n) is 5.94. The number of hydrogen-bond acceptors (Lipinski definition) is 1. The van der Waals surface area contributed by atoms with E-state index < -0.39 is 0 Å². The van der Waals surface area contributed by atoms with Crippen molar-refractivity contribution in [2.24, 2.45) is 0 Å². The van der Waals surface area contributed by atoms with Crippen LogP contribution in [0.15, 0.2) is 40.9 Å². The second kappa shape index (κ2) is 5.29. The first-order valence-corrected chi connectivity index (χ1v) is 7.99. The molecule has 2 aromatic carbocycles. The number of ether oxygens (including phenoxy) is 1. The summed E-state index contributed by atoms with van der Waals surface area (Å²) in [6, 6.07) is 10.9. The normalized spacial score (nSPS) is 17.2. The van der Waals surface area contributed by atoms with E-state index in [1.54, 1.807) is 6.07 Å². The fourth-order valence-corrected chi connectivity index (χ4v) is 3.17. The zero-order chi connectivity index (χ0) is 15.2. The molecule has 0 saturated carbocycles. The minimum Gasteiger partial charge on any atom is -0.487 e. The van der Waals surface area contributed by atoms with Crippen molar-refractivity contribution in [1.29, 1.82) is 0 Å². The summed E-state index contributed by atoms with van der Waals surface area (Å²) in [5, 5.41) is -0.374. The van der Waals surface area contributed by atoms with Gasteiger partial charge < -0.3 is 4.74 Å². The van der Waals surface area contributed by atoms with Crippen molar-refractivity contribution in [2.45, 2.75) is 31.2 Å². The summed E-state index contributed by atoms with van der Waals surface area (Å²) in [4.78, 5) is 0. The average molecular weight is 370 g/mol. The Balaban J connectivity index is 1.93. The zero-order valence-corrected chi connectivity index (χ0v) is 14.1. The minimum atomic E-state index is -0.374. The van der Waals surface area contributed by atoms with Gasteiger partial charge in [0.1, 0.15) is 17.2 Å². The standard InChI is InChI=1S/C17H15BrClFO/c1-17(2)9-12-7-10(4-6-15(12)21-17)16(19)11-3-5-13(18)14(20)8-11/h3-8,16H,9H2,1-2H3. The molecule has 0 bridgehead atoms. The van der Waals surface area contributed by atoms with Crippen molar-refractivity contribution in [3.05, 3.63) is 63.4 Å².